The molecule has 4 N–H and O–H groups in total. The van der Waals surface area contributed by atoms with E-state index >= 15 is 0 Å². The summed E-state index contributed by atoms with van der Waals surface area (Å²) < 4.78 is 5.50. The summed E-state index contributed by atoms with van der Waals surface area (Å²) in [6.45, 7) is 1.30. The Bertz CT molecular complexity index is 1130. The Morgan fingerprint density at radius 3 is 2.50 bits per heavy atom. The maximum Gasteiger partial charge on any atom is 0.251 e. The van der Waals surface area contributed by atoms with Gasteiger partial charge in [-0.05, 0) is 55.2 Å². The van der Waals surface area contributed by atoms with E-state index in [1.807, 2.05) is 12.1 Å². The Morgan fingerprint density at radius 1 is 1.03 bits per heavy atom. The van der Waals surface area contributed by atoms with Crippen LogP contribution in [0.2, 0.25) is 0 Å². The first-order valence-corrected chi connectivity index (χ1v) is 12.8. The lowest BCUT2D eigenvalue weighted by Gasteiger charge is -2.41. The molecule has 2 aromatic carbocycles. The van der Waals surface area contributed by atoms with Gasteiger partial charge < -0.3 is 26.0 Å². The van der Waals surface area contributed by atoms with Gasteiger partial charge in [-0.2, -0.15) is 0 Å². The Kier molecular flexibility index (Phi) is 6.96. The molecule has 1 aliphatic carbocycles. The van der Waals surface area contributed by atoms with Gasteiger partial charge >= 0.3 is 0 Å². The van der Waals surface area contributed by atoms with Gasteiger partial charge in [0.15, 0.2) is 0 Å². The molecule has 0 aromatic heterocycles. The van der Waals surface area contributed by atoms with Crippen molar-refractivity contribution in [3.8, 4) is 0 Å². The summed E-state index contributed by atoms with van der Waals surface area (Å²) in [5, 5.41) is 6.75. The number of methoxy groups -OCH3 is 1. The van der Waals surface area contributed by atoms with Crippen LogP contribution >= 0.6 is 0 Å². The molecule has 190 valence electrons. The van der Waals surface area contributed by atoms with Gasteiger partial charge in [0.05, 0.1) is 24.6 Å². The summed E-state index contributed by atoms with van der Waals surface area (Å²) in [6, 6.07) is 14.5. The summed E-state index contributed by atoms with van der Waals surface area (Å²) in [5.41, 5.74) is 8.34. The number of hydrogen-bond donors (Lipinski definition) is 3. The fraction of sp³-hybridized carbons (Fsp3) is 0.464. The van der Waals surface area contributed by atoms with Crippen molar-refractivity contribution in [3.05, 3.63) is 65.2 Å². The average Bonchev–Trinajstić information content (AvgIpc) is 3.35. The number of hydrogen-bond acceptors (Lipinski definition) is 5. The highest BCUT2D eigenvalue weighted by atomic mass is 16.5. The molecule has 1 saturated heterocycles. The second-order valence-electron chi connectivity index (χ2n) is 10.1. The number of anilines is 1. The summed E-state index contributed by atoms with van der Waals surface area (Å²) in [6.07, 6.45) is 4.40. The predicted molar refractivity (Wildman–Crippen MR) is 136 cm³/mol. The van der Waals surface area contributed by atoms with E-state index in [0.717, 1.165) is 43.4 Å². The highest BCUT2D eigenvalue weighted by Gasteiger charge is 2.48. The number of nitrogens with zero attached hydrogens (tertiary/aromatic N) is 1. The maximum atomic E-state index is 14.0. The summed E-state index contributed by atoms with van der Waals surface area (Å²) >= 11 is 0. The first-order chi connectivity index (χ1) is 17.5. The minimum atomic E-state index is -0.531. The van der Waals surface area contributed by atoms with Gasteiger partial charge in [0, 0.05) is 42.4 Å². The third-order valence-electron chi connectivity index (χ3n) is 8.04. The maximum absolute atomic E-state index is 14.0. The molecule has 0 bridgehead atoms. The first kappa shape index (κ1) is 24.3. The molecule has 5 atom stereocenters. The van der Waals surface area contributed by atoms with E-state index in [9.17, 15) is 14.4 Å². The van der Waals surface area contributed by atoms with Crippen LogP contribution in [0, 0.1) is 11.8 Å². The number of likely N-dealkylation sites (tertiary alicyclic amines) is 1. The quantitative estimate of drug-likeness (QED) is 0.576. The molecule has 2 heterocycles. The third kappa shape index (κ3) is 4.57. The molecule has 0 radical (unpaired) electrons. The third-order valence-corrected chi connectivity index (χ3v) is 8.04. The lowest BCUT2D eigenvalue weighted by molar-refractivity contribution is -0.139. The van der Waals surface area contributed by atoms with Gasteiger partial charge in [0.2, 0.25) is 11.8 Å². The van der Waals surface area contributed by atoms with Crippen molar-refractivity contribution in [1.82, 2.24) is 10.2 Å². The second-order valence-corrected chi connectivity index (χ2v) is 10.1. The van der Waals surface area contributed by atoms with Crippen molar-refractivity contribution in [3.63, 3.8) is 0 Å². The van der Waals surface area contributed by atoms with E-state index < -0.39 is 5.91 Å². The number of nitrogens with one attached hydrogen (secondary N) is 2. The SMILES string of the molecule is COC[C@@H]1Nc2ccccc2[C@H]2[C@@H]1CCN2C(=O)[C@H]1CCCC[C@H]1NC(=O)c1ccc(C(N)=O)cc1. The molecule has 5 rings (SSSR count). The van der Waals surface area contributed by atoms with Gasteiger partial charge in [0.25, 0.3) is 5.91 Å². The van der Waals surface area contributed by atoms with Gasteiger partial charge in [0.1, 0.15) is 0 Å². The van der Waals surface area contributed by atoms with Crippen molar-refractivity contribution in [2.75, 3.05) is 25.6 Å². The highest BCUT2D eigenvalue weighted by molar-refractivity contribution is 5.97. The predicted octanol–water partition coefficient (Wildman–Crippen LogP) is 3.10. The van der Waals surface area contributed by atoms with Crippen molar-refractivity contribution in [2.45, 2.75) is 50.2 Å². The largest absolute Gasteiger partial charge is 0.383 e. The fourth-order valence-electron chi connectivity index (χ4n) is 6.27. The zero-order chi connectivity index (χ0) is 25.2. The molecule has 1 saturated carbocycles. The summed E-state index contributed by atoms with van der Waals surface area (Å²) in [7, 11) is 1.71. The molecule has 2 fully saturated rings. The normalized spacial score (nSPS) is 26.9. The smallest absolute Gasteiger partial charge is 0.251 e. The number of carbonyl (C=O) groups is 3. The first-order valence-electron chi connectivity index (χ1n) is 12.8. The van der Waals surface area contributed by atoms with E-state index in [1.54, 1.807) is 31.4 Å². The molecule has 2 aromatic rings. The lowest BCUT2D eigenvalue weighted by Crippen LogP contribution is -2.50. The number of nitrogens with two attached hydrogens (primary N) is 1. The number of fused-ring (bicyclic) bond motifs is 3. The number of amides is 3. The number of carbonyl (C=O) groups excluding carboxylic acids is 3. The van der Waals surface area contributed by atoms with Crippen LogP contribution in [0.3, 0.4) is 0 Å². The standard InChI is InChI=1S/C28H34N4O4/c1-36-16-24-20-14-15-32(25(20)19-6-2-4-8-22(19)30-24)28(35)21-7-3-5-9-23(21)31-27(34)18-12-10-17(11-13-18)26(29)33/h2,4,6,8,10-13,20-21,23-25,30H,3,5,7,9,14-16H2,1H3,(H2,29,33)(H,31,34)/t20-,21+,23-,24+,25+/m1/s1. The molecule has 0 unspecified atom stereocenters. The van der Waals surface area contributed by atoms with Crippen LogP contribution in [0.4, 0.5) is 5.69 Å². The van der Waals surface area contributed by atoms with Crippen LogP contribution in [-0.2, 0) is 9.53 Å². The Morgan fingerprint density at radius 2 is 1.75 bits per heavy atom. The van der Waals surface area contributed by atoms with Crippen LogP contribution < -0.4 is 16.4 Å². The number of ether oxygens (including phenoxy) is 1. The number of benzene rings is 2. The minimum absolute atomic E-state index is 0.00900. The van der Waals surface area contributed by atoms with E-state index in [4.69, 9.17) is 10.5 Å². The topological polar surface area (TPSA) is 114 Å². The molecular weight excluding hydrogens is 456 g/mol. The molecule has 3 amide bonds. The lowest BCUT2D eigenvalue weighted by atomic mass is 9.81. The molecule has 8 heteroatoms. The van der Waals surface area contributed by atoms with Crippen LogP contribution in [-0.4, -0.2) is 55.0 Å². The van der Waals surface area contributed by atoms with Gasteiger partial charge in [-0.3, -0.25) is 14.4 Å². The van der Waals surface area contributed by atoms with Crippen molar-refractivity contribution >= 4 is 23.4 Å². The zero-order valence-corrected chi connectivity index (χ0v) is 20.6. The molecule has 2 aliphatic heterocycles. The highest BCUT2D eigenvalue weighted by Crippen LogP contribution is 2.47. The van der Waals surface area contributed by atoms with Gasteiger partial charge in [-0.25, -0.2) is 0 Å². The summed E-state index contributed by atoms with van der Waals surface area (Å²) in [4.78, 5) is 40.5. The Hall–Kier alpha value is -3.39. The molecule has 0 spiro atoms. The van der Waals surface area contributed by atoms with E-state index in [-0.39, 0.29) is 41.8 Å². The Labute approximate surface area is 211 Å². The number of primary amides is 1. The van der Waals surface area contributed by atoms with Crippen molar-refractivity contribution in [2.24, 2.45) is 17.6 Å². The van der Waals surface area contributed by atoms with Crippen LogP contribution in [0.25, 0.3) is 0 Å². The van der Waals surface area contributed by atoms with Gasteiger partial charge in [-0.1, -0.05) is 31.0 Å². The van der Waals surface area contributed by atoms with Crippen LogP contribution in [0.15, 0.2) is 48.5 Å². The number of para-hydroxylation sites is 1. The monoisotopic (exact) mass is 490 g/mol. The van der Waals surface area contributed by atoms with E-state index in [1.165, 1.54) is 0 Å². The molecular formula is C28H34N4O4. The van der Waals surface area contributed by atoms with Gasteiger partial charge in [-0.15, -0.1) is 0 Å². The Balaban J connectivity index is 1.35. The minimum Gasteiger partial charge on any atom is -0.383 e. The molecule has 36 heavy (non-hydrogen) atoms. The molecule has 3 aliphatic rings. The summed E-state index contributed by atoms with van der Waals surface area (Å²) in [5.74, 6) is -0.610. The second kappa shape index (κ2) is 10.3. The van der Waals surface area contributed by atoms with E-state index in [2.05, 4.69) is 27.7 Å². The van der Waals surface area contributed by atoms with Crippen LogP contribution in [0.5, 0.6) is 0 Å². The van der Waals surface area contributed by atoms with E-state index in [0.29, 0.717) is 24.3 Å². The fourth-order valence-corrected chi connectivity index (χ4v) is 6.27. The van der Waals surface area contributed by atoms with Crippen LogP contribution in [0.1, 0.15) is 64.4 Å². The van der Waals surface area contributed by atoms with Crippen molar-refractivity contribution < 1.29 is 19.1 Å². The number of rotatable bonds is 6. The average molecular weight is 491 g/mol. The van der Waals surface area contributed by atoms with Crippen molar-refractivity contribution in [1.29, 1.82) is 0 Å². The zero-order valence-electron chi connectivity index (χ0n) is 20.6. The molecule has 8 nitrogen and oxygen atoms in total.